The minimum Gasteiger partial charge on any atom is -0.619 e. The monoisotopic (exact) mass is 383 g/mol. The second kappa shape index (κ2) is 6.13. The molecule has 0 saturated heterocycles. The summed E-state index contributed by atoms with van der Waals surface area (Å²) in [6, 6.07) is 8.17. The highest BCUT2D eigenvalue weighted by atomic mass is 32.2. The fraction of sp³-hybridized carbons (Fsp3) is 0.125. The third-order valence-corrected chi connectivity index (χ3v) is 4.70. The van der Waals surface area contributed by atoms with Gasteiger partial charge < -0.3 is 5.21 Å². The summed E-state index contributed by atoms with van der Waals surface area (Å²) in [5, 5.41) is 11.5. The first-order chi connectivity index (χ1) is 12.1. The highest BCUT2D eigenvalue weighted by Crippen LogP contribution is 2.32. The highest BCUT2D eigenvalue weighted by molar-refractivity contribution is 7.90. The number of rotatable bonds is 3. The molecular formula is C16H12F3N3O3S. The highest BCUT2D eigenvalue weighted by Gasteiger charge is 2.35. The van der Waals surface area contributed by atoms with Crippen LogP contribution >= 0.6 is 0 Å². The maximum Gasteiger partial charge on any atom is 0.434 e. The first-order valence-electron chi connectivity index (χ1n) is 7.22. The Morgan fingerprint density at radius 1 is 1.15 bits per heavy atom. The molecule has 0 aliphatic rings. The second-order valence-electron chi connectivity index (χ2n) is 5.54. The maximum absolute atomic E-state index is 13.1. The molecule has 0 aliphatic carbocycles. The Labute approximate surface area is 146 Å². The van der Waals surface area contributed by atoms with Crippen molar-refractivity contribution in [3.05, 3.63) is 65.9 Å². The summed E-state index contributed by atoms with van der Waals surface area (Å²) < 4.78 is 64.0. The van der Waals surface area contributed by atoms with Gasteiger partial charge in [0.15, 0.2) is 33.7 Å². The molecule has 0 radical (unpaired) electrons. The lowest BCUT2D eigenvalue weighted by atomic mass is 10.2. The molecular weight excluding hydrogens is 371 g/mol. The summed E-state index contributed by atoms with van der Waals surface area (Å²) in [6.45, 7) is 0. The molecule has 0 fully saturated rings. The first kappa shape index (κ1) is 17.9. The minimum absolute atomic E-state index is 0.0380. The Balaban J connectivity index is 2.18. The number of hydrogen-bond acceptors (Lipinski definition) is 4. The van der Waals surface area contributed by atoms with Crippen LogP contribution in [0.3, 0.4) is 0 Å². The SMILES string of the molecule is CS(=O)(=O)c1ccc(-n2cc(C(F)(F)F)nc2-c2ccc[n+]([O-])c2)cc1. The Kier molecular flexibility index (Phi) is 4.23. The number of hydrogen-bond donors (Lipinski definition) is 0. The van der Waals surface area contributed by atoms with Gasteiger partial charge in [0.2, 0.25) is 0 Å². The zero-order valence-corrected chi connectivity index (χ0v) is 14.1. The Morgan fingerprint density at radius 3 is 2.35 bits per heavy atom. The van der Waals surface area contributed by atoms with Crippen molar-refractivity contribution in [1.82, 2.24) is 9.55 Å². The van der Waals surface area contributed by atoms with Crippen molar-refractivity contribution in [2.24, 2.45) is 0 Å². The van der Waals surface area contributed by atoms with Crippen molar-refractivity contribution in [2.45, 2.75) is 11.1 Å². The maximum atomic E-state index is 13.1. The van der Waals surface area contributed by atoms with Crippen LogP contribution in [0.15, 0.2) is 59.9 Å². The van der Waals surface area contributed by atoms with Gasteiger partial charge in [0, 0.05) is 24.2 Å². The van der Waals surface area contributed by atoms with Crippen molar-refractivity contribution in [3.8, 4) is 17.1 Å². The van der Waals surface area contributed by atoms with E-state index >= 15 is 0 Å². The predicted octanol–water partition coefficient (Wildman–Crippen LogP) is 2.60. The molecule has 0 atom stereocenters. The molecule has 3 rings (SSSR count). The Bertz CT molecular complexity index is 1060. The van der Waals surface area contributed by atoms with Crippen LogP contribution in [0.2, 0.25) is 0 Å². The minimum atomic E-state index is -4.67. The number of pyridine rings is 1. The lowest BCUT2D eigenvalue weighted by Crippen LogP contribution is -2.24. The molecule has 0 saturated carbocycles. The quantitative estimate of drug-likeness (QED) is 0.514. The van der Waals surface area contributed by atoms with E-state index < -0.39 is 21.7 Å². The van der Waals surface area contributed by atoms with Gasteiger partial charge in [-0.25, -0.2) is 13.4 Å². The van der Waals surface area contributed by atoms with Crippen LogP contribution in [0.5, 0.6) is 0 Å². The molecule has 2 aromatic heterocycles. The topological polar surface area (TPSA) is 78.9 Å². The summed E-state index contributed by atoms with van der Waals surface area (Å²) in [7, 11) is -3.44. The average Bonchev–Trinajstić information content (AvgIpc) is 3.00. The van der Waals surface area contributed by atoms with E-state index in [0.717, 1.165) is 23.2 Å². The van der Waals surface area contributed by atoms with Gasteiger partial charge in [-0.3, -0.25) is 4.57 Å². The van der Waals surface area contributed by atoms with Gasteiger partial charge >= 0.3 is 6.18 Å². The summed E-state index contributed by atoms with van der Waals surface area (Å²) in [6.07, 6.45) is -0.544. The van der Waals surface area contributed by atoms with E-state index in [-0.39, 0.29) is 22.0 Å². The number of aromatic nitrogens is 3. The third-order valence-electron chi connectivity index (χ3n) is 3.57. The van der Waals surface area contributed by atoms with E-state index in [1.807, 2.05) is 0 Å². The first-order valence-corrected chi connectivity index (χ1v) is 9.11. The number of halogens is 3. The zero-order chi connectivity index (χ0) is 19.1. The Morgan fingerprint density at radius 2 is 1.81 bits per heavy atom. The largest absolute Gasteiger partial charge is 0.619 e. The van der Waals surface area contributed by atoms with Gasteiger partial charge in [-0.1, -0.05) is 0 Å². The normalized spacial score (nSPS) is 12.3. The summed E-state index contributed by atoms with van der Waals surface area (Å²) in [5.74, 6) is -0.0883. The molecule has 10 heteroatoms. The lowest BCUT2D eigenvalue weighted by molar-refractivity contribution is -0.604. The van der Waals surface area contributed by atoms with Crippen molar-refractivity contribution in [1.29, 1.82) is 0 Å². The number of alkyl halides is 3. The number of nitrogens with zero attached hydrogens (tertiary/aromatic N) is 3. The molecule has 0 unspecified atom stereocenters. The van der Waals surface area contributed by atoms with Gasteiger partial charge in [0.25, 0.3) is 0 Å². The van der Waals surface area contributed by atoms with Gasteiger partial charge in [-0.15, -0.1) is 0 Å². The predicted molar refractivity (Wildman–Crippen MR) is 86.1 cm³/mol. The Hall–Kier alpha value is -2.88. The summed E-state index contributed by atoms with van der Waals surface area (Å²) in [4.78, 5) is 3.65. The number of sulfone groups is 1. The molecule has 26 heavy (non-hydrogen) atoms. The number of imidazole rings is 1. The average molecular weight is 383 g/mol. The van der Waals surface area contributed by atoms with E-state index in [1.54, 1.807) is 0 Å². The molecule has 2 heterocycles. The van der Waals surface area contributed by atoms with Crippen LogP contribution in [0.4, 0.5) is 13.2 Å². The van der Waals surface area contributed by atoms with Crippen LogP contribution in [0.25, 0.3) is 17.1 Å². The molecule has 0 spiro atoms. The smallest absolute Gasteiger partial charge is 0.434 e. The van der Waals surface area contributed by atoms with Gasteiger partial charge in [-0.05, 0) is 30.3 Å². The summed E-state index contributed by atoms with van der Waals surface area (Å²) >= 11 is 0. The van der Waals surface area contributed by atoms with Crippen LogP contribution < -0.4 is 4.73 Å². The van der Waals surface area contributed by atoms with Crippen LogP contribution in [-0.4, -0.2) is 24.2 Å². The van der Waals surface area contributed by atoms with Crippen LogP contribution in [0, 0.1) is 5.21 Å². The summed E-state index contributed by atoms with van der Waals surface area (Å²) in [5.41, 5.74) is -0.664. The molecule has 3 aromatic rings. The van der Waals surface area contributed by atoms with Crippen molar-refractivity contribution in [2.75, 3.05) is 6.26 Å². The standard InChI is InChI=1S/C16H12F3N3O3S/c1-26(24,25)13-6-4-12(5-7-13)22-10-14(16(17,18)19)20-15(22)11-3-2-8-21(23)9-11/h2-10H,1H3. The zero-order valence-electron chi connectivity index (χ0n) is 13.3. The molecule has 0 N–H and O–H groups in total. The molecule has 1 aromatic carbocycles. The van der Waals surface area contributed by atoms with Crippen LogP contribution in [0.1, 0.15) is 5.69 Å². The second-order valence-corrected chi connectivity index (χ2v) is 7.55. The van der Waals surface area contributed by atoms with Crippen LogP contribution in [-0.2, 0) is 16.0 Å². The van der Waals surface area contributed by atoms with E-state index in [0.29, 0.717) is 4.73 Å². The fourth-order valence-corrected chi connectivity index (χ4v) is 2.99. The van der Waals surface area contributed by atoms with E-state index in [4.69, 9.17) is 0 Å². The van der Waals surface area contributed by atoms with E-state index in [9.17, 15) is 26.8 Å². The number of benzene rings is 1. The van der Waals surface area contributed by atoms with Gasteiger partial charge in [0.05, 0.1) is 10.5 Å². The molecule has 0 aliphatic heterocycles. The lowest BCUT2D eigenvalue weighted by Gasteiger charge is -2.08. The fourth-order valence-electron chi connectivity index (χ4n) is 2.36. The van der Waals surface area contributed by atoms with Gasteiger partial charge in [-0.2, -0.15) is 17.9 Å². The van der Waals surface area contributed by atoms with Crippen molar-refractivity contribution >= 4 is 9.84 Å². The van der Waals surface area contributed by atoms with Gasteiger partial charge in [0.1, 0.15) is 0 Å². The molecule has 0 amide bonds. The molecule has 6 nitrogen and oxygen atoms in total. The van der Waals surface area contributed by atoms with Crippen molar-refractivity contribution in [3.63, 3.8) is 0 Å². The van der Waals surface area contributed by atoms with E-state index in [2.05, 4.69) is 4.98 Å². The van der Waals surface area contributed by atoms with Crippen molar-refractivity contribution < 1.29 is 26.3 Å². The third kappa shape index (κ3) is 3.54. The van der Waals surface area contributed by atoms with E-state index in [1.165, 1.54) is 42.6 Å². The molecule has 0 bridgehead atoms. The molecule has 136 valence electrons.